The Morgan fingerprint density at radius 3 is 2.97 bits per heavy atom. The molecule has 1 amide bonds. The summed E-state index contributed by atoms with van der Waals surface area (Å²) in [6.07, 6.45) is 5.93. The number of carbonyl (C=O) groups excluding carboxylic acids is 1. The van der Waals surface area contributed by atoms with E-state index in [4.69, 9.17) is 9.51 Å². The van der Waals surface area contributed by atoms with Crippen molar-refractivity contribution in [1.82, 2.24) is 25.4 Å². The highest BCUT2D eigenvalue weighted by atomic mass is 16.5. The number of amides is 1. The van der Waals surface area contributed by atoms with Gasteiger partial charge in [-0.1, -0.05) is 28.9 Å². The fraction of sp³-hybridized carbons (Fsp3) is 0.435. The highest BCUT2D eigenvalue weighted by molar-refractivity contribution is 5.76. The van der Waals surface area contributed by atoms with Gasteiger partial charge in [0.15, 0.2) is 0 Å². The van der Waals surface area contributed by atoms with E-state index in [9.17, 15) is 4.79 Å². The van der Waals surface area contributed by atoms with Crippen LogP contribution in [0.4, 0.5) is 5.95 Å². The first-order valence-electron chi connectivity index (χ1n) is 10.9. The Kier molecular flexibility index (Phi) is 5.36. The van der Waals surface area contributed by atoms with E-state index in [2.05, 4.69) is 25.3 Å². The monoisotopic (exact) mass is 418 g/mol. The van der Waals surface area contributed by atoms with Gasteiger partial charge in [-0.15, -0.1) is 0 Å². The van der Waals surface area contributed by atoms with Crippen molar-refractivity contribution in [3.63, 3.8) is 0 Å². The molecule has 5 rings (SSSR count). The summed E-state index contributed by atoms with van der Waals surface area (Å²) in [5.41, 5.74) is 3.19. The van der Waals surface area contributed by atoms with Crippen LogP contribution in [0, 0.1) is 6.92 Å². The van der Waals surface area contributed by atoms with Crippen molar-refractivity contribution in [2.45, 2.75) is 51.0 Å². The lowest BCUT2D eigenvalue weighted by atomic mass is 10.1. The first-order valence-corrected chi connectivity index (χ1v) is 10.9. The molecule has 1 aliphatic heterocycles. The molecular weight excluding hydrogens is 392 g/mol. The van der Waals surface area contributed by atoms with E-state index in [1.165, 1.54) is 12.8 Å². The van der Waals surface area contributed by atoms with Gasteiger partial charge >= 0.3 is 0 Å². The number of nitrogens with one attached hydrogen (secondary N) is 1. The zero-order valence-corrected chi connectivity index (χ0v) is 17.6. The zero-order valence-electron chi connectivity index (χ0n) is 17.6. The Morgan fingerprint density at radius 1 is 1.23 bits per heavy atom. The molecule has 1 atom stereocenters. The van der Waals surface area contributed by atoms with Gasteiger partial charge in [-0.25, -0.2) is 9.97 Å². The minimum absolute atomic E-state index is 0.00481. The third kappa shape index (κ3) is 4.73. The van der Waals surface area contributed by atoms with E-state index in [1.807, 2.05) is 43.5 Å². The van der Waals surface area contributed by atoms with E-state index >= 15 is 0 Å². The number of carbonyl (C=O) groups is 1. The van der Waals surface area contributed by atoms with Crippen LogP contribution in [-0.2, 0) is 11.2 Å². The third-order valence-corrected chi connectivity index (χ3v) is 5.81. The molecule has 2 aliphatic rings. The van der Waals surface area contributed by atoms with E-state index in [0.717, 1.165) is 42.3 Å². The molecule has 0 spiro atoms. The maximum Gasteiger partial charge on any atom is 0.227 e. The van der Waals surface area contributed by atoms with Crippen molar-refractivity contribution in [3.05, 3.63) is 53.7 Å². The topological polar surface area (TPSA) is 97.0 Å². The second kappa shape index (κ2) is 8.45. The van der Waals surface area contributed by atoms with Crippen LogP contribution in [0.15, 0.2) is 41.1 Å². The number of hydrogen-bond donors (Lipinski definition) is 1. The Balaban J connectivity index is 1.11. The van der Waals surface area contributed by atoms with Crippen LogP contribution in [-0.4, -0.2) is 45.1 Å². The molecule has 2 aromatic heterocycles. The Bertz CT molecular complexity index is 1080. The molecule has 1 aliphatic carbocycles. The molecule has 1 saturated carbocycles. The van der Waals surface area contributed by atoms with Crippen molar-refractivity contribution < 1.29 is 9.32 Å². The molecule has 0 radical (unpaired) electrons. The average molecular weight is 419 g/mol. The second-order valence-electron chi connectivity index (χ2n) is 8.44. The largest absolute Gasteiger partial charge is 0.352 e. The van der Waals surface area contributed by atoms with Crippen LogP contribution in [0.5, 0.6) is 0 Å². The first-order chi connectivity index (χ1) is 15.1. The molecule has 8 nitrogen and oxygen atoms in total. The highest BCUT2D eigenvalue weighted by Gasteiger charge is 2.28. The Morgan fingerprint density at radius 2 is 2.13 bits per heavy atom. The summed E-state index contributed by atoms with van der Waals surface area (Å²) in [7, 11) is 0. The second-order valence-corrected chi connectivity index (χ2v) is 8.44. The molecule has 31 heavy (non-hydrogen) atoms. The smallest absolute Gasteiger partial charge is 0.227 e. The molecule has 160 valence electrons. The Hall–Kier alpha value is -3.29. The van der Waals surface area contributed by atoms with Gasteiger partial charge in [-0.05, 0) is 38.3 Å². The number of nitrogens with zero attached hydrogens (tertiary/aromatic N) is 5. The normalized spacial score (nSPS) is 18.4. The quantitative estimate of drug-likeness (QED) is 0.630. The van der Waals surface area contributed by atoms with Crippen LogP contribution < -0.4 is 10.2 Å². The van der Waals surface area contributed by atoms with Crippen LogP contribution in [0.25, 0.3) is 11.4 Å². The van der Waals surface area contributed by atoms with Gasteiger partial charge in [-0.2, -0.15) is 4.98 Å². The molecule has 8 heteroatoms. The summed E-state index contributed by atoms with van der Waals surface area (Å²) in [5, 5.41) is 7.16. The number of rotatable bonds is 7. The van der Waals surface area contributed by atoms with Gasteiger partial charge in [0.2, 0.25) is 23.6 Å². The lowest BCUT2D eigenvalue weighted by molar-refractivity contribution is -0.121. The predicted molar refractivity (Wildman–Crippen MR) is 116 cm³/mol. The average Bonchev–Trinajstić information content (AvgIpc) is 3.34. The lowest BCUT2D eigenvalue weighted by Crippen LogP contribution is -2.37. The molecule has 0 bridgehead atoms. The molecular formula is C23H26N6O2. The van der Waals surface area contributed by atoms with Crippen LogP contribution in [0.3, 0.4) is 0 Å². The van der Waals surface area contributed by atoms with Gasteiger partial charge in [0.1, 0.15) is 0 Å². The summed E-state index contributed by atoms with van der Waals surface area (Å²) in [5.74, 6) is 2.41. The van der Waals surface area contributed by atoms with Crippen molar-refractivity contribution in [1.29, 1.82) is 0 Å². The van der Waals surface area contributed by atoms with Gasteiger partial charge in [0, 0.05) is 55.3 Å². The lowest BCUT2D eigenvalue weighted by Gasteiger charge is -2.17. The molecule has 2 fully saturated rings. The minimum Gasteiger partial charge on any atom is -0.352 e. The van der Waals surface area contributed by atoms with E-state index in [1.54, 1.807) is 0 Å². The van der Waals surface area contributed by atoms with Gasteiger partial charge < -0.3 is 14.7 Å². The van der Waals surface area contributed by atoms with Gasteiger partial charge in [0.05, 0.1) is 0 Å². The van der Waals surface area contributed by atoms with Crippen LogP contribution in [0.2, 0.25) is 0 Å². The summed E-state index contributed by atoms with van der Waals surface area (Å²) >= 11 is 0. The molecule has 1 saturated heterocycles. The molecule has 1 aromatic carbocycles. The maximum atomic E-state index is 12.4. The van der Waals surface area contributed by atoms with E-state index in [-0.39, 0.29) is 11.9 Å². The van der Waals surface area contributed by atoms with Crippen LogP contribution in [0.1, 0.15) is 48.7 Å². The minimum atomic E-state index is -0.00481. The number of aromatic nitrogens is 4. The number of hydrogen-bond acceptors (Lipinski definition) is 7. The molecule has 1 N–H and O–H groups in total. The fourth-order valence-corrected chi connectivity index (χ4v) is 3.96. The third-order valence-electron chi connectivity index (χ3n) is 5.81. The maximum absolute atomic E-state index is 12.4. The number of benzene rings is 1. The predicted octanol–water partition coefficient (Wildman–Crippen LogP) is 3.04. The molecule has 1 unspecified atom stereocenters. The number of anilines is 1. The summed E-state index contributed by atoms with van der Waals surface area (Å²) < 4.78 is 5.32. The molecule has 3 aromatic rings. The van der Waals surface area contributed by atoms with E-state index < -0.39 is 0 Å². The summed E-state index contributed by atoms with van der Waals surface area (Å²) in [6, 6.07) is 10.1. The van der Waals surface area contributed by atoms with Gasteiger partial charge in [0.25, 0.3) is 0 Å². The summed E-state index contributed by atoms with van der Waals surface area (Å²) in [4.78, 5) is 28.2. The van der Waals surface area contributed by atoms with Crippen molar-refractivity contribution in [2.75, 3.05) is 18.0 Å². The Labute approximate surface area is 181 Å². The van der Waals surface area contributed by atoms with Crippen molar-refractivity contribution in [2.24, 2.45) is 0 Å². The van der Waals surface area contributed by atoms with E-state index in [0.29, 0.717) is 30.5 Å². The number of aryl methyl sites for hydroxylation is 2. The zero-order chi connectivity index (χ0) is 21.2. The fourth-order valence-electron chi connectivity index (χ4n) is 3.96. The van der Waals surface area contributed by atoms with Crippen molar-refractivity contribution in [3.8, 4) is 11.4 Å². The molecule has 3 heterocycles. The standard InChI is InChI=1S/C23H26N6O2/c1-15-3-2-4-17(13-15)22-27-21(31-28-22)8-7-20(30)25-18-10-12-29(14-18)23-24-11-9-19(26-23)16-5-6-16/h2-4,9,11,13,16,18H,5-8,10,12,14H2,1H3,(H,25,30). The van der Waals surface area contributed by atoms with Gasteiger partial charge in [-0.3, -0.25) is 4.79 Å². The van der Waals surface area contributed by atoms with Crippen molar-refractivity contribution >= 4 is 11.9 Å². The van der Waals surface area contributed by atoms with Crippen LogP contribution >= 0.6 is 0 Å². The first kappa shape index (κ1) is 19.7. The highest BCUT2D eigenvalue weighted by Crippen LogP contribution is 2.39. The SMILES string of the molecule is Cc1cccc(-c2noc(CCC(=O)NC3CCN(c4nccc(C5CC5)n4)C3)n2)c1. The summed E-state index contributed by atoms with van der Waals surface area (Å²) in [6.45, 7) is 3.61.